The van der Waals surface area contributed by atoms with Crippen molar-refractivity contribution in [1.29, 1.82) is 0 Å². The average Bonchev–Trinajstić information content (AvgIpc) is 2.64. The molecular weight excluding hydrogens is 210 g/mol. The lowest BCUT2D eigenvalue weighted by Crippen LogP contribution is -2.13. The molecule has 0 atom stereocenters. The summed E-state index contributed by atoms with van der Waals surface area (Å²) in [5.41, 5.74) is -0.427. The van der Waals surface area contributed by atoms with Crippen molar-refractivity contribution in [2.24, 2.45) is 5.92 Å². The maximum atomic E-state index is 11.6. The van der Waals surface area contributed by atoms with Crippen molar-refractivity contribution in [3.05, 3.63) is 40.0 Å². The monoisotopic (exact) mass is 223 g/mol. The largest absolute Gasteiger partial charge is 0.465 e. The zero-order chi connectivity index (χ0) is 12.1. The Morgan fingerprint density at radius 2 is 2.31 bits per heavy atom. The summed E-state index contributed by atoms with van der Waals surface area (Å²) in [7, 11) is 0. The van der Waals surface area contributed by atoms with Crippen LogP contribution in [-0.2, 0) is 4.79 Å². The number of furan rings is 1. The summed E-state index contributed by atoms with van der Waals surface area (Å²) in [6.45, 7) is 3.67. The lowest BCUT2D eigenvalue weighted by molar-refractivity contribution is -0.417. The van der Waals surface area contributed by atoms with Crippen LogP contribution in [0.25, 0.3) is 6.08 Å². The molecule has 5 nitrogen and oxygen atoms in total. The van der Waals surface area contributed by atoms with Crippen molar-refractivity contribution in [2.45, 2.75) is 20.3 Å². The number of rotatable bonds is 5. The number of hydrogen-bond acceptors (Lipinski definition) is 4. The minimum Gasteiger partial charge on any atom is -0.465 e. The molecule has 0 bridgehead atoms. The highest BCUT2D eigenvalue weighted by atomic mass is 16.6. The van der Waals surface area contributed by atoms with E-state index in [2.05, 4.69) is 0 Å². The van der Waals surface area contributed by atoms with E-state index >= 15 is 0 Å². The predicted molar refractivity (Wildman–Crippen MR) is 58.1 cm³/mol. The maximum Gasteiger partial charge on any atom is 0.315 e. The van der Waals surface area contributed by atoms with E-state index in [9.17, 15) is 14.9 Å². The normalized spacial score (nSPS) is 11.8. The topological polar surface area (TPSA) is 73.3 Å². The fourth-order valence-electron chi connectivity index (χ4n) is 1.22. The van der Waals surface area contributed by atoms with Crippen LogP contribution in [0.5, 0.6) is 0 Å². The van der Waals surface area contributed by atoms with Gasteiger partial charge in [0.25, 0.3) is 0 Å². The third kappa shape index (κ3) is 3.34. The molecule has 0 amide bonds. The number of carbonyl (C=O) groups excluding carboxylic acids is 1. The SMILES string of the molecule is CC(C)CC(=O)/C(=C/c1ccco1)[N+](=O)[O-]. The highest BCUT2D eigenvalue weighted by Gasteiger charge is 2.22. The zero-order valence-electron chi connectivity index (χ0n) is 9.17. The first-order valence-corrected chi connectivity index (χ1v) is 4.93. The van der Waals surface area contributed by atoms with E-state index in [0.717, 1.165) is 6.08 Å². The Morgan fingerprint density at radius 3 is 2.75 bits per heavy atom. The fourth-order valence-corrected chi connectivity index (χ4v) is 1.22. The molecule has 0 unspecified atom stereocenters. The van der Waals surface area contributed by atoms with Crippen LogP contribution in [0.2, 0.25) is 0 Å². The van der Waals surface area contributed by atoms with Gasteiger partial charge in [0.15, 0.2) is 0 Å². The van der Waals surface area contributed by atoms with Crippen LogP contribution in [0.3, 0.4) is 0 Å². The molecule has 16 heavy (non-hydrogen) atoms. The first-order valence-electron chi connectivity index (χ1n) is 4.93. The van der Waals surface area contributed by atoms with E-state index < -0.39 is 16.4 Å². The van der Waals surface area contributed by atoms with Gasteiger partial charge in [0.1, 0.15) is 5.76 Å². The summed E-state index contributed by atoms with van der Waals surface area (Å²) in [4.78, 5) is 21.6. The molecule has 1 aromatic rings. The molecule has 0 fully saturated rings. The Morgan fingerprint density at radius 1 is 1.62 bits per heavy atom. The van der Waals surface area contributed by atoms with Crippen molar-refractivity contribution >= 4 is 11.9 Å². The van der Waals surface area contributed by atoms with Gasteiger partial charge >= 0.3 is 5.70 Å². The van der Waals surface area contributed by atoms with Crippen molar-refractivity contribution < 1.29 is 14.1 Å². The second kappa shape index (κ2) is 5.25. The van der Waals surface area contributed by atoms with Gasteiger partial charge in [-0.05, 0) is 18.1 Å². The molecule has 86 valence electrons. The van der Waals surface area contributed by atoms with Gasteiger partial charge in [0.2, 0.25) is 5.78 Å². The summed E-state index contributed by atoms with van der Waals surface area (Å²) in [6.07, 6.45) is 2.72. The van der Waals surface area contributed by atoms with E-state index in [-0.39, 0.29) is 12.3 Å². The lowest BCUT2D eigenvalue weighted by Gasteiger charge is -2.00. The van der Waals surface area contributed by atoms with Crippen molar-refractivity contribution in [3.63, 3.8) is 0 Å². The molecule has 0 N–H and O–H groups in total. The Hall–Kier alpha value is -1.91. The van der Waals surface area contributed by atoms with Gasteiger partial charge in [-0.15, -0.1) is 0 Å². The summed E-state index contributed by atoms with van der Waals surface area (Å²) in [6, 6.07) is 3.17. The van der Waals surface area contributed by atoms with Crippen LogP contribution in [0, 0.1) is 16.0 Å². The number of hydrogen-bond donors (Lipinski definition) is 0. The Labute approximate surface area is 92.9 Å². The standard InChI is InChI=1S/C11H13NO4/c1-8(2)6-11(13)10(12(14)15)7-9-4-3-5-16-9/h3-5,7-8H,6H2,1-2H3/b10-7-. The Balaban J connectivity index is 2.92. The number of ketones is 1. The number of nitro groups is 1. The second-order valence-electron chi connectivity index (χ2n) is 3.82. The summed E-state index contributed by atoms with van der Waals surface area (Å²) in [5, 5.41) is 10.7. The quantitative estimate of drug-likeness (QED) is 0.436. The molecule has 0 saturated carbocycles. The molecule has 1 aromatic heterocycles. The average molecular weight is 223 g/mol. The summed E-state index contributed by atoms with van der Waals surface area (Å²) < 4.78 is 4.94. The van der Waals surface area contributed by atoms with Gasteiger partial charge in [-0.3, -0.25) is 14.9 Å². The molecule has 0 aromatic carbocycles. The van der Waals surface area contributed by atoms with Crippen molar-refractivity contribution in [1.82, 2.24) is 0 Å². The van der Waals surface area contributed by atoms with E-state index in [1.165, 1.54) is 6.26 Å². The van der Waals surface area contributed by atoms with Crippen LogP contribution < -0.4 is 0 Å². The first-order chi connectivity index (χ1) is 7.50. The zero-order valence-corrected chi connectivity index (χ0v) is 9.17. The van der Waals surface area contributed by atoms with E-state index in [4.69, 9.17) is 4.42 Å². The first kappa shape index (κ1) is 12.2. The Kier molecular flexibility index (Phi) is 3.99. The lowest BCUT2D eigenvalue weighted by atomic mass is 10.0. The summed E-state index contributed by atoms with van der Waals surface area (Å²) in [5.74, 6) is -0.0762. The third-order valence-electron chi connectivity index (χ3n) is 1.90. The Bertz CT molecular complexity index is 404. The van der Waals surface area contributed by atoms with E-state index in [1.807, 2.05) is 13.8 Å². The van der Waals surface area contributed by atoms with Gasteiger partial charge in [-0.2, -0.15) is 0 Å². The van der Waals surface area contributed by atoms with Crippen LogP contribution in [0.4, 0.5) is 0 Å². The van der Waals surface area contributed by atoms with Crippen LogP contribution >= 0.6 is 0 Å². The maximum absolute atomic E-state index is 11.6. The smallest absolute Gasteiger partial charge is 0.315 e. The van der Waals surface area contributed by atoms with Crippen molar-refractivity contribution in [3.8, 4) is 0 Å². The van der Waals surface area contributed by atoms with Gasteiger partial charge in [-0.1, -0.05) is 13.8 Å². The molecule has 0 radical (unpaired) electrons. The highest BCUT2D eigenvalue weighted by Crippen LogP contribution is 2.13. The molecular formula is C11H13NO4. The number of nitrogens with zero attached hydrogens (tertiary/aromatic N) is 1. The van der Waals surface area contributed by atoms with Gasteiger partial charge in [0, 0.05) is 6.42 Å². The molecule has 5 heteroatoms. The molecule has 0 aliphatic heterocycles. The van der Waals surface area contributed by atoms with Gasteiger partial charge < -0.3 is 4.42 Å². The number of carbonyl (C=O) groups is 1. The fraction of sp³-hybridized carbons (Fsp3) is 0.364. The van der Waals surface area contributed by atoms with Crippen LogP contribution in [0.1, 0.15) is 26.0 Å². The van der Waals surface area contributed by atoms with Gasteiger partial charge in [-0.25, -0.2) is 0 Å². The molecule has 1 rings (SSSR count). The van der Waals surface area contributed by atoms with Crippen molar-refractivity contribution in [2.75, 3.05) is 0 Å². The second-order valence-corrected chi connectivity index (χ2v) is 3.82. The molecule has 0 aliphatic rings. The number of Topliss-reactive ketones (excluding diaryl/α,β-unsaturated/α-hetero) is 1. The minimum absolute atomic E-state index is 0.0902. The van der Waals surface area contributed by atoms with Crippen LogP contribution in [0.15, 0.2) is 28.5 Å². The third-order valence-corrected chi connectivity index (χ3v) is 1.90. The van der Waals surface area contributed by atoms with Crippen LogP contribution in [-0.4, -0.2) is 10.7 Å². The minimum atomic E-state index is -0.673. The molecule has 0 saturated heterocycles. The molecule has 0 spiro atoms. The summed E-state index contributed by atoms with van der Waals surface area (Å²) >= 11 is 0. The number of allylic oxidation sites excluding steroid dienone is 1. The van der Waals surface area contributed by atoms with E-state index in [1.54, 1.807) is 12.1 Å². The highest BCUT2D eigenvalue weighted by molar-refractivity contribution is 5.96. The van der Waals surface area contributed by atoms with E-state index in [0.29, 0.717) is 5.76 Å². The van der Waals surface area contributed by atoms with Gasteiger partial charge in [0.05, 0.1) is 17.3 Å². The molecule has 0 aliphatic carbocycles. The molecule has 1 heterocycles. The predicted octanol–water partition coefficient (Wildman–Crippen LogP) is 2.51.